The molecule has 0 saturated heterocycles. The summed E-state index contributed by atoms with van der Waals surface area (Å²) in [7, 11) is 0.228. The first kappa shape index (κ1) is 34.1. The van der Waals surface area contributed by atoms with Crippen molar-refractivity contribution in [3.63, 3.8) is 0 Å². The number of anilines is 1. The molecule has 3 aromatic rings. The molecule has 2 amide bonds. The maximum Gasteiger partial charge on any atom is 0.286 e. The van der Waals surface area contributed by atoms with E-state index in [9.17, 15) is 13.8 Å². The molecule has 1 N–H and O–H groups in total. The molecule has 3 heterocycles. The number of aromatic nitrogens is 2. The fraction of sp³-hybridized carbons (Fsp3) is 0.525. The third-order valence-electron chi connectivity index (χ3n) is 12.1. The number of hydrogen-bond acceptors (Lipinski definition) is 7. The number of hydrogen-bond donors (Lipinski definition) is 1. The molecule has 51 heavy (non-hydrogen) atoms. The summed E-state index contributed by atoms with van der Waals surface area (Å²) < 4.78 is 36.0. The van der Waals surface area contributed by atoms with Gasteiger partial charge in [0.15, 0.2) is 0 Å². The van der Waals surface area contributed by atoms with Crippen LogP contribution < -0.4 is 14.4 Å². The van der Waals surface area contributed by atoms with E-state index in [1.807, 2.05) is 25.2 Å². The Morgan fingerprint density at radius 3 is 2.80 bits per heavy atom. The van der Waals surface area contributed by atoms with Crippen molar-refractivity contribution < 1.29 is 23.3 Å². The minimum Gasteiger partial charge on any atom is -0.490 e. The molecule has 270 valence electrons. The lowest BCUT2D eigenvalue weighted by Gasteiger charge is -2.46. The molecule has 1 aromatic heterocycles. The highest BCUT2D eigenvalue weighted by Gasteiger charge is 2.47. The lowest BCUT2D eigenvalue weighted by atomic mass is 9.68. The van der Waals surface area contributed by atoms with Crippen LogP contribution in [0.5, 0.6) is 5.75 Å². The highest BCUT2D eigenvalue weighted by atomic mass is 32.2. The number of rotatable bonds is 4. The van der Waals surface area contributed by atoms with Crippen molar-refractivity contribution in [2.24, 2.45) is 29.2 Å². The van der Waals surface area contributed by atoms with Crippen LogP contribution in [0, 0.1) is 24.7 Å². The van der Waals surface area contributed by atoms with Gasteiger partial charge in [0.05, 0.1) is 24.2 Å². The van der Waals surface area contributed by atoms with E-state index in [-0.39, 0.29) is 35.0 Å². The number of carbonyl (C=O) groups is 2. The Bertz CT molecular complexity index is 2000. The predicted molar refractivity (Wildman–Crippen MR) is 197 cm³/mol. The van der Waals surface area contributed by atoms with E-state index in [1.165, 1.54) is 16.7 Å². The summed E-state index contributed by atoms with van der Waals surface area (Å²) in [6, 6.07) is 14.2. The quantitative estimate of drug-likeness (QED) is 0.329. The molecule has 8 rings (SSSR count). The predicted octanol–water partition coefficient (Wildman–Crippen LogP) is 6.04. The number of benzene rings is 2. The molecule has 5 aliphatic rings. The lowest BCUT2D eigenvalue weighted by molar-refractivity contribution is -0.120. The second-order valence-electron chi connectivity index (χ2n) is 15.5. The maximum absolute atomic E-state index is 14.4. The molecular weight excluding hydrogens is 663 g/mol. The Morgan fingerprint density at radius 1 is 1.14 bits per heavy atom. The SMILES string of the molecule is CO[C@H]1/C=C/CCCS(=O)(NC(=O)C2C[C@@H]2c2ccnn2C)=NC(=O)c2ccc3c(c2)N(C[C@@H]2CC[C@H]21)C[C@@]1(CCCc2cc(C)ccc21)CO3. The standard InChI is InChI=1S/C40H49N5O5S/c1-26-10-14-33-27(20-26)8-7-17-40(33)24-45-23-29-11-13-30(29)36(49-3)9-5-4-6-19-51(48,42-38(46)28-12-15-37(50-25-40)35(45)21-28)43-39(47)32-22-31(32)34-16-18-41-44(34)2/h5,9-10,12,14-16,18,20-21,29-32,36H,4,6-8,11,13,17,19,22-25H2,1-3H3,(H,42,43,46,47,48)/b9-5+/t29-,30+,31-,32?,36-,40-,51?/m0/s1. The second-order valence-corrected chi connectivity index (χ2v) is 17.5. The average molecular weight is 712 g/mol. The van der Waals surface area contributed by atoms with E-state index in [0.29, 0.717) is 43.3 Å². The molecule has 2 unspecified atom stereocenters. The van der Waals surface area contributed by atoms with E-state index < -0.39 is 15.8 Å². The first-order valence-corrected chi connectivity index (χ1v) is 20.2. The van der Waals surface area contributed by atoms with Gasteiger partial charge in [0.2, 0.25) is 5.91 Å². The van der Waals surface area contributed by atoms with Gasteiger partial charge in [0.1, 0.15) is 15.7 Å². The molecular formula is C40H49N5O5S. The van der Waals surface area contributed by atoms with Gasteiger partial charge in [-0.3, -0.25) is 19.0 Å². The first-order chi connectivity index (χ1) is 24.6. The van der Waals surface area contributed by atoms with E-state index in [0.717, 1.165) is 62.3 Å². The maximum atomic E-state index is 14.4. The van der Waals surface area contributed by atoms with Crippen LogP contribution in [0.4, 0.5) is 5.69 Å². The van der Waals surface area contributed by atoms with E-state index in [1.54, 1.807) is 24.1 Å². The van der Waals surface area contributed by atoms with Crippen molar-refractivity contribution in [2.75, 3.05) is 37.5 Å². The first-order valence-electron chi connectivity index (χ1n) is 18.6. The molecule has 1 spiro atoms. The zero-order valence-electron chi connectivity index (χ0n) is 29.9. The van der Waals surface area contributed by atoms with Crippen LogP contribution in [-0.4, -0.2) is 64.5 Å². The van der Waals surface area contributed by atoms with Crippen molar-refractivity contribution >= 4 is 27.4 Å². The van der Waals surface area contributed by atoms with Crippen LogP contribution in [0.2, 0.25) is 0 Å². The lowest BCUT2D eigenvalue weighted by Crippen LogP contribution is -2.49. The summed E-state index contributed by atoms with van der Waals surface area (Å²) in [6.45, 7) is 4.30. The molecule has 7 atom stereocenters. The van der Waals surface area contributed by atoms with Crippen molar-refractivity contribution in [1.82, 2.24) is 14.5 Å². The Labute approximate surface area is 301 Å². The van der Waals surface area contributed by atoms with Crippen LogP contribution in [0.25, 0.3) is 0 Å². The van der Waals surface area contributed by atoms with Gasteiger partial charge >= 0.3 is 0 Å². The summed E-state index contributed by atoms with van der Waals surface area (Å²) in [5.41, 5.74) is 6.02. The number of fused-ring (bicyclic) bond motifs is 4. The Hall–Kier alpha value is -3.96. The Balaban J connectivity index is 1.15. The fourth-order valence-corrected chi connectivity index (χ4v) is 10.7. The molecule has 10 nitrogen and oxygen atoms in total. The number of ether oxygens (including phenoxy) is 2. The molecule has 2 aliphatic heterocycles. The minimum atomic E-state index is -3.41. The highest BCUT2D eigenvalue weighted by Crippen LogP contribution is 2.48. The Kier molecular flexibility index (Phi) is 9.07. The van der Waals surface area contributed by atoms with E-state index in [2.05, 4.69) is 56.4 Å². The summed E-state index contributed by atoms with van der Waals surface area (Å²) in [5.74, 6) is 0.355. The van der Waals surface area contributed by atoms with E-state index >= 15 is 0 Å². The van der Waals surface area contributed by atoms with Crippen molar-refractivity contribution in [3.05, 3.63) is 88.8 Å². The fourth-order valence-electron chi connectivity index (χ4n) is 9.07. The summed E-state index contributed by atoms with van der Waals surface area (Å²) >= 11 is 0. The zero-order valence-corrected chi connectivity index (χ0v) is 30.7. The number of nitrogens with one attached hydrogen (secondary N) is 1. The molecule has 0 radical (unpaired) electrons. The third kappa shape index (κ3) is 6.63. The largest absolute Gasteiger partial charge is 0.490 e. The van der Waals surface area contributed by atoms with Gasteiger partial charge < -0.3 is 14.4 Å². The normalized spacial score (nSPS) is 32.3. The third-order valence-corrected chi connectivity index (χ3v) is 13.9. The van der Waals surface area contributed by atoms with Crippen LogP contribution in [0.15, 0.2) is 65.2 Å². The molecule has 2 fully saturated rings. The number of nitrogens with zero attached hydrogens (tertiary/aromatic N) is 4. The van der Waals surface area contributed by atoms with Gasteiger partial charge in [0, 0.05) is 62.0 Å². The van der Waals surface area contributed by atoms with Crippen LogP contribution in [0.1, 0.15) is 83.6 Å². The Morgan fingerprint density at radius 2 is 2.02 bits per heavy atom. The average Bonchev–Trinajstić information content (AvgIpc) is 3.81. The van der Waals surface area contributed by atoms with Crippen molar-refractivity contribution in [2.45, 2.75) is 75.7 Å². The number of amides is 2. The van der Waals surface area contributed by atoms with Crippen molar-refractivity contribution in [1.29, 1.82) is 0 Å². The smallest absolute Gasteiger partial charge is 0.286 e. The topological polar surface area (TPSA) is 115 Å². The molecule has 2 bridgehead atoms. The molecule has 3 aliphatic carbocycles. The summed E-state index contributed by atoms with van der Waals surface area (Å²) in [5, 5.41) is 4.24. The van der Waals surface area contributed by atoms with Crippen molar-refractivity contribution in [3.8, 4) is 5.75 Å². The highest BCUT2D eigenvalue weighted by molar-refractivity contribution is 7.92. The van der Waals surface area contributed by atoms with Gasteiger partial charge in [-0.2, -0.15) is 5.10 Å². The van der Waals surface area contributed by atoms with Crippen LogP contribution >= 0.6 is 0 Å². The number of methoxy groups -OCH3 is 1. The molecule has 2 saturated carbocycles. The number of allylic oxidation sites excluding steroid dienone is 1. The van der Waals surface area contributed by atoms with Gasteiger partial charge in [-0.05, 0) is 106 Å². The molecule has 11 heteroatoms. The summed E-state index contributed by atoms with van der Waals surface area (Å²) in [6.07, 6.45) is 13.1. The van der Waals surface area contributed by atoms with Gasteiger partial charge in [0.25, 0.3) is 5.91 Å². The minimum absolute atomic E-state index is 0.00523. The van der Waals surface area contributed by atoms with Crippen LogP contribution in [0.3, 0.4) is 0 Å². The summed E-state index contributed by atoms with van der Waals surface area (Å²) in [4.78, 5) is 29.9. The van der Waals surface area contributed by atoms with Gasteiger partial charge in [-0.25, -0.2) is 4.21 Å². The number of aryl methyl sites for hydroxylation is 3. The molecule has 2 aromatic carbocycles. The van der Waals surface area contributed by atoms with Gasteiger partial charge in [-0.1, -0.05) is 35.9 Å². The van der Waals surface area contributed by atoms with E-state index in [4.69, 9.17) is 9.47 Å². The monoisotopic (exact) mass is 711 g/mol. The zero-order chi connectivity index (χ0) is 35.3. The number of carbonyl (C=O) groups excluding carboxylic acids is 2. The van der Waals surface area contributed by atoms with Crippen LogP contribution in [-0.2, 0) is 38.3 Å². The van der Waals surface area contributed by atoms with Gasteiger partial charge in [-0.15, -0.1) is 4.36 Å². The second kappa shape index (κ2) is 13.5.